The second kappa shape index (κ2) is 6.78. The summed E-state index contributed by atoms with van der Waals surface area (Å²) in [7, 11) is -3.80. The fraction of sp³-hybridized carbons (Fsp3) is 0.294. The van der Waals surface area contributed by atoms with E-state index in [4.69, 9.17) is 8.83 Å². The van der Waals surface area contributed by atoms with Crippen molar-refractivity contribution in [1.29, 1.82) is 0 Å². The van der Waals surface area contributed by atoms with Crippen molar-refractivity contribution >= 4 is 15.7 Å². The number of rotatable bonds is 4. The first-order valence-corrected chi connectivity index (χ1v) is 9.78. The summed E-state index contributed by atoms with van der Waals surface area (Å²) in [5, 5.41) is 7.38. The SMILES string of the molecule is Cc1nnc(-c2coc(S(=O)(=O)N3CCN(c4ccccc4F)CC3)c2)o1. The van der Waals surface area contributed by atoms with Crippen molar-refractivity contribution in [3.63, 3.8) is 0 Å². The molecule has 1 aliphatic rings. The molecule has 8 nitrogen and oxygen atoms in total. The third-order valence-electron chi connectivity index (χ3n) is 4.37. The number of aryl methyl sites for hydroxylation is 1. The molecule has 0 spiro atoms. The molecule has 1 aromatic carbocycles. The first-order valence-electron chi connectivity index (χ1n) is 8.34. The number of halogens is 1. The maximum Gasteiger partial charge on any atom is 0.276 e. The number of hydrogen-bond donors (Lipinski definition) is 0. The van der Waals surface area contributed by atoms with Gasteiger partial charge >= 0.3 is 0 Å². The van der Waals surface area contributed by atoms with Crippen LogP contribution in [0.25, 0.3) is 11.5 Å². The van der Waals surface area contributed by atoms with Gasteiger partial charge in [0, 0.05) is 39.2 Å². The van der Waals surface area contributed by atoms with E-state index < -0.39 is 10.0 Å². The van der Waals surface area contributed by atoms with Crippen molar-refractivity contribution in [1.82, 2.24) is 14.5 Å². The average Bonchev–Trinajstić information content (AvgIpc) is 3.32. The lowest BCUT2D eigenvalue weighted by atomic mass is 10.2. The summed E-state index contributed by atoms with van der Waals surface area (Å²) < 4.78 is 51.4. The summed E-state index contributed by atoms with van der Waals surface area (Å²) in [4.78, 5) is 1.83. The highest BCUT2D eigenvalue weighted by Gasteiger charge is 2.32. The lowest BCUT2D eigenvalue weighted by Gasteiger charge is -2.34. The number of sulfonamides is 1. The number of furan rings is 1. The lowest BCUT2D eigenvalue weighted by Crippen LogP contribution is -2.48. The number of benzene rings is 1. The Bertz CT molecular complexity index is 1050. The molecule has 4 rings (SSSR count). The van der Waals surface area contributed by atoms with Crippen LogP contribution in [0.4, 0.5) is 10.1 Å². The van der Waals surface area contributed by atoms with Crippen LogP contribution in [0.15, 0.2) is 50.5 Å². The van der Waals surface area contributed by atoms with Crippen molar-refractivity contribution in [2.24, 2.45) is 0 Å². The molecule has 0 atom stereocenters. The fourth-order valence-corrected chi connectivity index (χ4v) is 4.33. The Kier molecular flexibility index (Phi) is 4.44. The molecule has 1 saturated heterocycles. The van der Waals surface area contributed by atoms with Crippen LogP contribution in [0.2, 0.25) is 0 Å². The highest BCUT2D eigenvalue weighted by atomic mass is 32.2. The average molecular weight is 392 g/mol. The number of nitrogens with zero attached hydrogens (tertiary/aromatic N) is 4. The van der Waals surface area contributed by atoms with Crippen LogP contribution in [0.3, 0.4) is 0 Å². The zero-order valence-electron chi connectivity index (χ0n) is 14.5. The number of anilines is 1. The van der Waals surface area contributed by atoms with Crippen molar-refractivity contribution in [3.05, 3.63) is 48.3 Å². The Morgan fingerprint density at radius 2 is 1.85 bits per heavy atom. The normalized spacial score (nSPS) is 16.0. The van der Waals surface area contributed by atoms with Gasteiger partial charge in [-0.05, 0) is 12.1 Å². The third-order valence-corrected chi connectivity index (χ3v) is 6.14. The Morgan fingerprint density at radius 3 is 2.52 bits per heavy atom. The number of hydrogen-bond acceptors (Lipinski definition) is 7. The molecule has 1 fully saturated rings. The summed E-state index contributed by atoms with van der Waals surface area (Å²) in [6, 6.07) is 7.82. The van der Waals surface area contributed by atoms with E-state index in [1.807, 2.05) is 4.90 Å². The van der Waals surface area contributed by atoms with Crippen molar-refractivity contribution < 1.29 is 21.6 Å². The Morgan fingerprint density at radius 1 is 1.11 bits per heavy atom. The van der Waals surface area contributed by atoms with E-state index in [2.05, 4.69) is 10.2 Å². The molecule has 0 amide bonds. The molecule has 27 heavy (non-hydrogen) atoms. The van der Waals surface area contributed by atoms with Crippen LogP contribution in [0.5, 0.6) is 0 Å². The van der Waals surface area contributed by atoms with E-state index in [1.165, 1.54) is 22.7 Å². The Labute approximate surface area is 155 Å². The van der Waals surface area contributed by atoms with E-state index in [1.54, 1.807) is 25.1 Å². The molecule has 0 radical (unpaired) electrons. The number of piperazine rings is 1. The molecule has 3 aromatic rings. The molecule has 0 N–H and O–H groups in total. The highest BCUT2D eigenvalue weighted by molar-refractivity contribution is 7.89. The van der Waals surface area contributed by atoms with Gasteiger partial charge in [-0.2, -0.15) is 4.31 Å². The van der Waals surface area contributed by atoms with Gasteiger partial charge in [-0.3, -0.25) is 0 Å². The van der Waals surface area contributed by atoms with Gasteiger partial charge in [-0.15, -0.1) is 10.2 Å². The van der Waals surface area contributed by atoms with Crippen LogP contribution in [0.1, 0.15) is 5.89 Å². The van der Waals surface area contributed by atoms with Gasteiger partial charge in [0.1, 0.15) is 12.1 Å². The first-order chi connectivity index (χ1) is 12.9. The first kappa shape index (κ1) is 17.7. The second-order valence-electron chi connectivity index (χ2n) is 6.12. The number of para-hydroxylation sites is 1. The third kappa shape index (κ3) is 3.33. The van der Waals surface area contributed by atoms with Crippen molar-refractivity contribution in [3.8, 4) is 11.5 Å². The molecule has 0 bridgehead atoms. The molecule has 142 valence electrons. The van der Waals surface area contributed by atoms with E-state index >= 15 is 0 Å². The Balaban J connectivity index is 1.49. The van der Waals surface area contributed by atoms with E-state index in [-0.39, 0.29) is 29.9 Å². The predicted molar refractivity (Wildman–Crippen MR) is 94.1 cm³/mol. The molecule has 0 saturated carbocycles. The minimum Gasteiger partial charge on any atom is -0.451 e. The highest BCUT2D eigenvalue weighted by Crippen LogP contribution is 2.27. The lowest BCUT2D eigenvalue weighted by molar-refractivity contribution is 0.360. The summed E-state index contributed by atoms with van der Waals surface area (Å²) in [6.07, 6.45) is 1.27. The van der Waals surface area contributed by atoms with Gasteiger partial charge in [-0.1, -0.05) is 12.1 Å². The van der Waals surface area contributed by atoms with Gasteiger partial charge in [-0.25, -0.2) is 12.8 Å². The summed E-state index contributed by atoms with van der Waals surface area (Å²) in [5.74, 6) is 0.251. The molecule has 2 aromatic heterocycles. The van der Waals surface area contributed by atoms with Gasteiger partial charge in [0.2, 0.25) is 11.0 Å². The predicted octanol–water partition coefficient (Wildman–Crippen LogP) is 2.29. The van der Waals surface area contributed by atoms with Crippen molar-refractivity contribution in [2.45, 2.75) is 12.0 Å². The van der Waals surface area contributed by atoms with Gasteiger partial charge < -0.3 is 13.7 Å². The van der Waals surface area contributed by atoms with E-state index in [9.17, 15) is 12.8 Å². The summed E-state index contributed by atoms with van der Waals surface area (Å²) in [5.41, 5.74) is 0.876. The zero-order chi connectivity index (χ0) is 19.0. The molecule has 1 aliphatic heterocycles. The van der Waals surface area contributed by atoms with Crippen LogP contribution in [0, 0.1) is 12.7 Å². The molecule has 10 heteroatoms. The molecule has 0 unspecified atom stereocenters. The summed E-state index contributed by atoms with van der Waals surface area (Å²) in [6.45, 7) is 2.87. The monoisotopic (exact) mass is 392 g/mol. The topological polar surface area (TPSA) is 92.7 Å². The van der Waals surface area contributed by atoms with E-state index in [0.717, 1.165) is 0 Å². The minimum absolute atomic E-state index is 0.187. The van der Waals surface area contributed by atoms with Crippen LogP contribution in [-0.2, 0) is 10.0 Å². The number of aromatic nitrogens is 2. The maximum absolute atomic E-state index is 13.9. The smallest absolute Gasteiger partial charge is 0.276 e. The van der Waals surface area contributed by atoms with Crippen molar-refractivity contribution in [2.75, 3.05) is 31.1 Å². The molecule has 3 heterocycles. The van der Waals surface area contributed by atoms with Crippen LogP contribution >= 0.6 is 0 Å². The zero-order valence-corrected chi connectivity index (χ0v) is 15.3. The Hall–Kier alpha value is -2.72. The van der Waals surface area contributed by atoms with E-state index in [0.29, 0.717) is 30.2 Å². The summed E-state index contributed by atoms with van der Waals surface area (Å²) >= 11 is 0. The molecule has 0 aliphatic carbocycles. The minimum atomic E-state index is -3.80. The second-order valence-corrected chi connectivity index (χ2v) is 7.99. The quantitative estimate of drug-likeness (QED) is 0.672. The largest absolute Gasteiger partial charge is 0.451 e. The van der Waals surface area contributed by atoms with Crippen LogP contribution < -0.4 is 4.90 Å². The van der Waals surface area contributed by atoms with Gasteiger partial charge in [0.15, 0.2) is 0 Å². The maximum atomic E-state index is 13.9. The molecular weight excluding hydrogens is 375 g/mol. The molecular formula is C17H17FN4O4S. The van der Waals surface area contributed by atoms with Crippen LogP contribution in [-0.4, -0.2) is 49.1 Å². The standard InChI is InChI=1S/C17H17FN4O4S/c1-12-19-20-17(26-12)13-10-16(25-11-13)27(23,24)22-8-6-21(7-9-22)15-5-3-2-4-14(15)18/h2-5,10-11H,6-9H2,1H3. The van der Waals surface area contributed by atoms with Gasteiger partial charge in [0.05, 0.1) is 11.3 Å². The fourth-order valence-electron chi connectivity index (χ4n) is 2.98. The van der Waals surface area contributed by atoms with Gasteiger partial charge in [0.25, 0.3) is 15.9 Å².